The van der Waals surface area contributed by atoms with E-state index in [1.165, 1.54) is 58.4 Å². The summed E-state index contributed by atoms with van der Waals surface area (Å²) >= 11 is 1.79. The highest BCUT2D eigenvalue weighted by atomic mass is 32.1. The lowest BCUT2D eigenvalue weighted by molar-refractivity contribution is 1.18. The van der Waals surface area contributed by atoms with Crippen LogP contribution in [0.2, 0.25) is 0 Å². The van der Waals surface area contributed by atoms with Gasteiger partial charge in [-0.25, -0.2) is 0 Å². The quantitative estimate of drug-likeness (QED) is 0.195. The zero-order valence-corrected chi connectivity index (χ0v) is 26.0. The maximum atomic E-state index is 9.74. The number of hydrogen-bond acceptors (Lipinski definition) is 2. The topological polar surface area (TPSA) is 33.6 Å². The van der Waals surface area contributed by atoms with E-state index in [1.807, 2.05) is 12.1 Å². The second kappa shape index (κ2) is 9.92. The Hall–Kier alpha value is -6.15. The smallest absolute Gasteiger partial charge is 0.0991 e. The average molecular weight is 616 g/mol. The Kier molecular flexibility index (Phi) is 5.51. The summed E-state index contributed by atoms with van der Waals surface area (Å²) in [5.74, 6) is 0. The summed E-state index contributed by atoms with van der Waals surface area (Å²) in [6.45, 7) is 0. The van der Waals surface area contributed by atoms with Gasteiger partial charge in [0.2, 0.25) is 0 Å². The normalized spacial score (nSPS) is 11.8. The van der Waals surface area contributed by atoms with Crippen LogP contribution in [0.25, 0.3) is 86.3 Å². The van der Waals surface area contributed by atoms with Crippen molar-refractivity contribution in [2.45, 2.75) is 0 Å². The van der Waals surface area contributed by atoms with E-state index in [0.717, 1.165) is 27.9 Å². The summed E-state index contributed by atoms with van der Waals surface area (Å²) in [7, 11) is 0. The van der Waals surface area contributed by atoms with Crippen molar-refractivity contribution in [2.75, 3.05) is 0 Å². The number of aromatic nitrogens is 2. The Morgan fingerprint density at radius 1 is 0.447 bits per heavy atom. The molecule has 0 atom stereocenters. The first-order valence-corrected chi connectivity index (χ1v) is 16.6. The van der Waals surface area contributed by atoms with Crippen LogP contribution in [0, 0.1) is 11.3 Å². The van der Waals surface area contributed by atoms with E-state index in [2.05, 4.69) is 155 Å². The number of hydrogen-bond donors (Lipinski definition) is 0. The second-order valence-corrected chi connectivity index (χ2v) is 13.2. The molecular weight excluding hydrogens is 591 g/mol. The minimum atomic E-state index is 0.682. The van der Waals surface area contributed by atoms with Gasteiger partial charge in [0.1, 0.15) is 0 Å². The minimum Gasteiger partial charge on any atom is -0.309 e. The van der Waals surface area contributed by atoms with Crippen molar-refractivity contribution in [2.24, 2.45) is 0 Å². The molecule has 47 heavy (non-hydrogen) atoms. The molecule has 0 aliphatic rings. The zero-order chi connectivity index (χ0) is 31.1. The third kappa shape index (κ3) is 3.78. The van der Waals surface area contributed by atoms with E-state index in [4.69, 9.17) is 0 Å². The molecule has 218 valence electrons. The van der Waals surface area contributed by atoms with Crippen LogP contribution >= 0.6 is 11.3 Å². The maximum absolute atomic E-state index is 9.74. The van der Waals surface area contributed by atoms with Crippen molar-refractivity contribution in [1.82, 2.24) is 9.13 Å². The van der Waals surface area contributed by atoms with Gasteiger partial charge in [-0.1, -0.05) is 84.9 Å². The summed E-state index contributed by atoms with van der Waals surface area (Å²) in [4.78, 5) is 0. The van der Waals surface area contributed by atoms with Crippen LogP contribution in [0.4, 0.5) is 0 Å². The van der Waals surface area contributed by atoms with E-state index in [0.29, 0.717) is 5.56 Å². The van der Waals surface area contributed by atoms with Crippen LogP contribution in [-0.2, 0) is 0 Å². The molecule has 0 aliphatic heterocycles. The predicted molar refractivity (Wildman–Crippen MR) is 198 cm³/mol. The van der Waals surface area contributed by atoms with Gasteiger partial charge in [0.25, 0.3) is 0 Å². The molecule has 3 nitrogen and oxygen atoms in total. The van der Waals surface area contributed by atoms with Gasteiger partial charge < -0.3 is 9.13 Å². The standard InChI is InChI=1S/C43H25N3S/c44-26-27-19-21-40-36(23-27)42-41(47-40)22-20-35-34-15-3-6-18-39(34)46(43(35)42)31-12-8-10-29(25-31)28-9-7-11-30(24-28)45-37-16-4-1-13-32(37)33-14-2-5-17-38(33)45/h1-25H. The molecule has 0 saturated heterocycles. The Balaban J connectivity index is 1.21. The maximum Gasteiger partial charge on any atom is 0.0991 e. The van der Waals surface area contributed by atoms with E-state index in [9.17, 15) is 5.26 Å². The summed E-state index contributed by atoms with van der Waals surface area (Å²) in [5, 5.41) is 17.0. The number of thiophene rings is 1. The highest BCUT2D eigenvalue weighted by Crippen LogP contribution is 2.43. The SMILES string of the molecule is N#Cc1ccc2sc3ccc4c5ccccc5n(-c5cccc(-c6cccc(-n7c8ccccc8c8ccccc87)c6)c5)c4c3c2c1. The summed E-state index contributed by atoms with van der Waals surface area (Å²) in [6.07, 6.45) is 0. The first-order valence-electron chi connectivity index (χ1n) is 15.7. The van der Waals surface area contributed by atoms with Crippen molar-refractivity contribution in [3.63, 3.8) is 0 Å². The van der Waals surface area contributed by atoms with Gasteiger partial charge in [-0.2, -0.15) is 5.26 Å². The molecule has 0 N–H and O–H groups in total. The molecule has 10 rings (SSSR count). The van der Waals surface area contributed by atoms with Crippen LogP contribution in [0.5, 0.6) is 0 Å². The Morgan fingerprint density at radius 2 is 1.00 bits per heavy atom. The van der Waals surface area contributed by atoms with Crippen molar-refractivity contribution in [3.05, 3.63) is 157 Å². The molecule has 10 aromatic rings. The number of fused-ring (bicyclic) bond motifs is 10. The van der Waals surface area contributed by atoms with Gasteiger partial charge in [-0.15, -0.1) is 11.3 Å². The van der Waals surface area contributed by atoms with Crippen molar-refractivity contribution >= 4 is 75.1 Å². The van der Waals surface area contributed by atoms with Gasteiger partial charge in [0.15, 0.2) is 0 Å². The molecule has 0 radical (unpaired) electrons. The number of benzene rings is 7. The van der Waals surface area contributed by atoms with Crippen LogP contribution in [-0.4, -0.2) is 9.13 Å². The number of rotatable bonds is 3. The fourth-order valence-electron chi connectivity index (χ4n) is 7.50. The van der Waals surface area contributed by atoms with Gasteiger partial charge in [-0.3, -0.25) is 0 Å². The lowest BCUT2D eigenvalue weighted by atomic mass is 10.0. The molecule has 7 aromatic carbocycles. The van der Waals surface area contributed by atoms with Crippen molar-refractivity contribution in [3.8, 4) is 28.6 Å². The fourth-order valence-corrected chi connectivity index (χ4v) is 8.59. The van der Waals surface area contributed by atoms with Gasteiger partial charge in [-0.05, 0) is 77.9 Å². The lowest BCUT2D eigenvalue weighted by Gasteiger charge is -2.13. The Morgan fingerprint density at radius 3 is 1.64 bits per heavy atom. The molecule has 0 bridgehead atoms. The molecule has 0 aliphatic carbocycles. The molecule has 0 saturated carbocycles. The minimum absolute atomic E-state index is 0.682. The molecule has 3 heterocycles. The van der Waals surface area contributed by atoms with Gasteiger partial charge in [0.05, 0.1) is 33.7 Å². The van der Waals surface area contributed by atoms with Gasteiger partial charge in [0, 0.05) is 53.1 Å². The van der Waals surface area contributed by atoms with Crippen molar-refractivity contribution in [1.29, 1.82) is 5.26 Å². The average Bonchev–Trinajstić information content (AvgIpc) is 3.79. The predicted octanol–water partition coefficient (Wildman–Crippen LogP) is 11.8. The molecular formula is C43H25N3S. The number of nitriles is 1. The van der Waals surface area contributed by atoms with Crippen LogP contribution < -0.4 is 0 Å². The monoisotopic (exact) mass is 615 g/mol. The molecule has 3 aromatic heterocycles. The molecule has 0 fully saturated rings. The fraction of sp³-hybridized carbons (Fsp3) is 0. The first-order chi connectivity index (χ1) is 23.3. The molecule has 0 amide bonds. The first kappa shape index (κ1) is 26.1. The van der Waals surface area contributed by atoms with E-state index in [1.54, 1.807) is 11.3 Å². The third-order valence-corrected chi connectivity index (χ3v) is 10.7. The zero-order valence-electron chi connectivity index (χ0n) is 25.2. The molecule has 0 spiro atoms. The third-order valence-electron chi connectivity index (χ3n) is 9.52. The molecule has 4 heteroatoms. The summed E-state index contributed by atoms with van der Waals surface area (Å²) in [6, 6.07) is 56.6. The largest absolute Gasteiger partial charge is 0.309 e. The highest BCUT2D eigenvalue weighted by Gasteiger charge is 2.19. The van der Waals surface area contributed by atoms with E-state index < -0.39 is 0 Å². The van der Waals surface area contributed by atoms with Crippen LogP contribution in [0.15, 0.2) is 152 Å². The Labute approximate surface area is 274 Å². The summed E-state index contributed by atoms with van der Waals surface area (Å²) < 4.78 is 7.21. The van der Waals surface area contributed by atoms with E-state index >= 15 is 0 Å². The van der Waals surface area contributed by atoms with E-state index in [-0.39, 0.29) is 0 Å². The molecule has 0 unspecified atom stereocenters. The number of nitrogens with zero attached hydrogens (tertiary/aromatic N) is 3. The second-order valence-electron chi connectivity index (χ2n) is 12.1. The Bertz CT molecular complexity index is 2880. The van der Waals surface area contributed by atoms with Crippen LogP contribution in [0.1, 0.15) is 5.56 Å². The van der Waals surface area contributed by atoms with Crippen LogP contribution in [0.3, 0.4) is 0 Å². The van der Waals surface area contributed by atoms with Crippen molar-refractivity contribution < 1.29 is 0 Å². The number of para-hydroxylation sites is 3. The lowest BCUT2D eigenvalue weighted by Crippen LogP contribution is -1.96. The summed E-state index contributed by atoms with van der Waals surface area (Å²) in [5.41, 5.74) is 10.0. The highest BCUT2D eigenvalue weighted by molar-refractivity contribution is 7.26. The van der Waals surface area contributed by atoms with Gasteiger partial charge >= 0.3 is 0 Å².